The molecule has 0 radical (unpaired) electrons. The van der Waals surface area contributed by atoms with Crippen LogP contribution in [0.1, 0.15) is 51.0 Å². The van der Waals surface area contributed by atoms with Gasteiger partial charge >= 0.3 is 12.0 Å². The Balaban J connectivity index is 1.37. The summed E-state index contributed by atoms with van der Waals surface area (Å²) in [4.78, 5) is 31.9. The highest BCUT2D eigenvalue weighted by atomic mass is 32.2. The highest BCUT2D eigenvalue weighted by Crippen LogP contribution is 2.59. The predicted octanol–water partition coefficient (Wildman–Crippen LogP) is 7.71. The van der Waals surface area contributed by atoms with E-state index in [2.05, 4.69) is 9.62 Å². The maximum Gasteiger partial charge on any atom is 0.340 e. The first kappa shape index (κ1) is 30.7. The highest BCUT2D eigenvalue weighted by Gasteiger charge is 2.55. The zero-order valence-electron chi connectivity index (χ0n) is 27.0. The van der Waals surface area contributed by atoms with Crippen LogP contribution < -0.4 is 19.3 Å². The third-order valence-corrected chi connectivity index (χ3v) is 10.9. The van der Waals surface area contributed by atoms with Gasteiger partial charge in [-0.3, -0.25) is 4.90 Å². The third kappa shape index (κ3) is 4.93. The second-order valence-electron chi connectivity index (χ2n) is 12.6. The summed E-state index contributed by atoms with van der Waals surface area (Å²) < 4.78 is 42.7. The average Bonchev–Trinajstić information content (AvgIpc) is 3.73. The number of carbonyl (C=O) groups excluding carboxylic acids is 2. The van der Waals surface area contributed by atoms with E-state index in [1.807, 2.05) is 68.4 Å². The molecule has 1 unspecified atom stereocenters. The molecule has 246 valence electrons. The number of urea groups is 1. The summed E-state index contributed by atoms with van der Waals surface area (Å²) in [6.45, 7) is 5.48. The lowest BCUT2D eigenvalue weighted by molar-refractivity contribution is 0.0226. The number of nitrogens with zero attached hydrogens (tertiary/aromatic N) is 2. The average molecular weight is 672 g/mol. The molecule has 1 atom stereocenters. The molecular weight excluding hydrogens is 639 g/mol. The second-order valence-corrected chi connectivity index (χ2v) is 14.3. The number of sulfonamides is 1. The molecule has 3 heterocycles. The molecule has 0 saturated carbocycles. The van der Waals surface area contributed by atoms with Crippen LogP contribution >= 0.6 is 0 Å². The molecule has 8 rings (SSSR count). The predicted molar refractivity (Wildman–Crippen MR) is 186 cm³/mol. The Labute approximate surface area is 284 Å². The van der Waals surface area contributed by atoms with E-state index >= 15 is 0 Å². The van der Waals surface area contributed by atoms with Gasteiger partial charge in [-0.15, -0.1) is 0 Å². The van der Waals surface area contributed by atoms with Crippen LogP contribution in [0, 0.1) is 13.8 Å². The third-order valence-electron chi connectivity index (χ3n) is 9.52. The number of aryl methyl sites for hydroxylation is 2. The van der Waals surface area contributed by atoms with Crippen molar-refractivity contribution in [3.63, 3.8) is 0 Å². The zero-order valence-corrected chi connectivity index (χ0v) is 27.8. The molecule has 9 nitrogen and oxygen atoms in total. The molecule has 2 amide bonds. The molecule has 0 aromatic heterocycles. The Morgan fingerprint density at radius 2 is 1.49 bits per heavy atom. The van der Waals surface area contributed by atoms with Crippen LogP contribution in [0.15, 0.2) is 114 Å². The van der Waals surface area contributed by atoms with Crippen molar-refractivity contribution in [2.75, 3.05) is 22.9 Å². The smallest absolute Gasteiger partial charge is 0.340 e. The number of nitrogens with one attached hydrogen (secondary N) is 1. The monoisotopic (exact) mass is 671 g/mol. The zero-order chi connectivity index (χ0) is 33.9. The summed E-state index contributed by atoms with van der Waals surface area (Å²) in [5.41, 5.74) is 3.79. The van der Waals surface area contributed by atoms with Gasteiger partial charge in [0.25, 0.3) is 10.0 Å². The molecule has 1 spiro atoms. The van der Waals surface area contributed by atoms with Gasteiger partial charge in [0.2, 0.25) is 0 Å². The van der Waals surface area contributed by atoms with Crippen molar-refractivity contribution in [2.45, 2.75) is 37.2 Å². The molecule has 1 saturated heterocycles. The van der Waals surface area contributed by atoms with Gasteiger partial charge < -0.3 is 14.4 Å². The van der Waals surface area contributed by atoms with E-state index < -0.39 is 27.6 Å². The first-order chi connectivity index (χ1) is 23.7. The SMILES string of the molecule is Cc1ccc(S(=O)(=O)NC(=O)N(c2cc(N3CCCC3)ccc2C)c2cccc3c2C2(OC(=O)c4ccccc42)c2ccccc2O3)cc1. The molecule has 0 bridgehead atoms. The van der Waals surface area contributed by atoms with Crippen molar-refractivity contribution >= 4 is 39.1 Å². The molecule has 10 heteroatoms. The van der Waals surface area contributed by atoms with Crippen molar-refractivity contribution in [3.8, 4) is 11.5 Å². The molecular formula is C39H33N3O6S. The topological polar surface area (TPSA) is 105 Å². The maximum atomic E-state index is 14.7. The van der Waals surface area contributed by atoms with Gasteiger partial charge in [-0.2, -0.15) is 0 Å². The number of ether oxygens (including phenoxy) is 2. The van der Waals surface area contributed by atoms with Crippen LogP contribution in [0.25, 0.3) is 0 Å². The van der Waals surface area contributed by atoms with Gasteiger partial charge in [0.1, 0.15) is 11.5 Å². The van der Waals surface area contributed by atoms with Crippen LogP contribution in [0.4, 0.5) is 21.9 Å². The minimum Gasteiger partial charge on any atom is -0.456 e. The van der Waals surface area contributed by atoms with Crippen LogP contribution in [0.3, 0.4) is 0 Å². The van der Waals surface area contributed by atoms with Gasteiger partial charge in [-0.05, 0) is 80.8 Å². The molecule has 5 aromatic rings. The number of carbonyl (C=O) groups is 2. The second kappa shape index (κ2) is 11.5. The first-order valence-corrected chi connectivity index (χ1v) is 17.7. The quantitative estimate of drug-likeness (QED) is 0.191. The molecule has 1 N–H and O–H groups in total. The van der Waals surface area contributed by atoms with E-state index in [1.54, 1.807) is 42.5 Å². The van der Waals surface area contributed by atoms with E-state index in [1.165, 1.54) is 17.0 Å². The lowest BCUT2D eigenvalue weighted by Crippen LogP contribution is -2.43. The van der Waals surface area contributed by atoms with E-state index in [9.17, 15) is 18.0 Å². The number of fused-ring (bicyclic) bond motifs is 6. The lowest BCUT2D eigenvalue weighted by Gasteiger charge is -2.39. The molecule has 5 aromatic carbocycles. The number of rotatable bonds is 5. The van der Waals surface area contributed by atoms with Gasteiger partial charge in [0.05, 0.1) is 27.4 Å². The maximum absolute atomic E-state index is 14.7. The highest BCUT2D eigenvalue weighted by molar-refractivity contribution is 7.90. The summed E-state index contributed by atoms with van der Waals surface area (Å²) in [6, 6.07) is 31.0. The van der Waals surface area contributed by atoms with Crippen LogP contribution in [-0.2, 0) is 20.4 Å². The molecule has 3 aliphatic rings. The number of hydrogen-bond donors (Lipinski definition) is 1. The van der Waals surface area contributed by atoms with Crippen LogP contribution in [-0.4, -0.2) is 33.5 Å². The fourth-order valence-corrected chi connectivity index (χ4v) is 8.08. The summed E-state index contributed by atoms with van der Waals surface area (Å²) >= 11 is 0. The molecule has 49 heavy (non-hydrogen) atoms. The number of hydrogen-bond acceptors (Lipinski definition) is 7. The number of amides is 2. The van der Waals surface area contributed by atoms with E-state index in [4.69, 9.17) is 9.47 Å². The van der Waals surface area contributed by atoms with Gasteiger partial charge in [0.15, 0.2) is 5.60 Å². The Morgan fingerprint density at radius 3 is 2.27 bits per heavy atom. The number of anilines is 3. The normalized spacial score (nSPS) is 17.5. The number of para-hydroxylation sites is 1. The van der Waals surface area contributed by atoms with E-state index in [0.717, 1.165) is 42.7 Å². The molecule has 0 aliphatic carbocycles. The Kier molecular flexibility index (Phi) is 7.22. The summed E-state index contributed by atoms with van der Waals surface area (Å²) in [6.07, 6.45) is 2.11. The van der Waals surface area contributed by atoms with Crippen LogP contribution in [0.5, 0.6) is 11.5 Å². The van der Waals surface area contributed by atoms with Crippen molar-refractivity contribution in [1.29, 1.82) is 0 Å². The molecule has 1 fully saturated rings. The fraction of sp³-hybridized carbons (Fsp3) is 0.179. The Hall–Kier alpha value is -5.61. The van der Waals surface area contributed by atoms with Crippen molar-refractivity contribution in [3.05, 3.63) is 143 Å². The van der Waals surface area contributed by atoms with E-state index in [0.29, 0.717) is 45.1 Å². The first-order valence-electron chi connectivity index (χ1n) is 16.2. The van der Waals surface area contributed by atoms with Gasteiger partial charge in [0, 0.05) is 29.9 Å². The van der Waals surface area contributed by atoms with E-state index in [-0.39, 0.29) is 4.90 Å². The standard InChI is InChI=1S/C39H33N3O6S/c1-25-16-20-28(21-17-25)49(45,46)40-38(44)42(33-24-27(19-18-26(33)2)41-22-7-8-23-41)32-13-9-15-35-36(32)39(31-12-5-6-14-34(31)47-35)30-11-4-3-10-29(30)37(43)48-39/h3-6,9-21,24H,7-8,22-23H2,1-2H3,(H,40,44). The Morgan fingerprint density at radius 1 is 0.796 bits per heavy atom. The summed E-state index contributed by atoms with van der Waals surface area (Å²) in [5.74, 6) is 0.355. The fourth-order valence-electron chi connectivity index (χ4n) is 7.14. The van der Waals surface area contributed by atoms with Crippen molar-refractivity contribution < 1.29 is 27.5 Å². The number of esters is 1. The lowest BCUT2D eigenvalue weighted by atomic mass is 9.76. The molecule has 3 aliphatic heterocycles. The Bertz CT molecular complexity index is 2260. The van der Waals surface area contributed by atoms with Gasteiger partial charge in [-0.25, -0.2) is 22.7 Å². The van der Waals surface area contributed by atoms with Crippen molar-refractivity contribution in [2.24, 2.45) is 0 Å². The van der Waals surface area contributed by atoms with Crippen LogP contribution in [0.2, 0.25) is 0 Å². The largest absolute Gasteiger partial charge is 0.456 e. The summed E-state index contributed by atoms with van der Waals surface area (Å²) in [5, 5.41) is 0. The van der Waals surface area contributed by atoms with Gasteiger partial charge in [-0.1, -0.05) is 66.2 Å². The minimum atomic E-state index is -4.30. The number of benzene rings is 5. The van der Waals surface area contributed by atoms with Crippen molar-refractivity contribution in [1.82, 2.24) is 4.72 Å². The summed E-state index contributed by atoms with van der Waals surface area (Å²) in [7, 11) is -4.30. The minimum absolute atomic E-state index is 0.0450.